The van der Waals surface area contributed by atoms with Crippen molar-refractivity contribution in [2.45, 2.75) is 0 Å². The number of nitrogens with zero attached hydrogens (tertiary/aromatic N) is 6. The van der Waals surface area contributed by atoms with Crippen molar-refractivity contribution >= 4 is 77.0 Å². The van der Waals surface area contributed by atoms with Crippen LogP contribution in [0.15, 0.2) is 158 Å². The molecule has 0 amide bonds. The average molecular weight is 651 g/mol. The monoisotopic (exact) mass is 650 g/mol. The van der Waals surface area contributed by atoms with Crippen molar-refractivity contribution in [2.75, 3.05) is 0 Å². The van der Waals surface area contributed by atoms with Crippen molar-refractivity contribution in [3.63, 3.8) is 0 Å². The maximum absolute atomic E-state index is 9.64. The molecule has 3 heterocycles. The van der Waals surface area contributed by atoms with Gasteiger partial charge in [0, 0.05) is 0 Å². The first-order valence-corrected chi connectivity index (χ1v) is 17.0. The van der Waals surface area contributed by atoms with Crippen LogP contribution in [0, 0.1) is 11.3 Å². The molecular weight excluding hydrogens is 625 g/mol. The second-order valence-electron chi connectivity index (χ2n) is 13.0. The summed E-state index contributed by atoms with van der Waals surface area (Å²) in [5, 5.41) is 16.5. The second kappa shape index (κ2) is 10.4. The minimum absolute atomic E-state index is 0.666. The van der Waals surface area contributed by atoms with Crippen molar-refractivity contribution in [3.05, 3.63) is 163 Å². The number of imidazole rings is 2. The van der Waals surface area contributed by atoms with Crippen LogP contribution in [-0.4, -0.2) is 23.3 Å². The number of fused-ring (bicyclic) bond motifs is 15. The highest BCUT2D eigenvalue weighted by molar-refractivity contribution is 6.26. The molecular formula is C45H26N6. The summed E-state index contributed by atoms with van der Waals surface area (Å²) < 4.78 is 6.71. The largest absolute Gasteiger partial charge is 0.276 e. The van der Waals surface area contributed by atoms with Gasteiger partial charge in [-0.3, -0.25) is 8.80 Å². The summed E-state index contributed by atoms with van der Waals surface area (Å²) in [5.74, 6) is 1.56. The highest BCUT2D eigenvalue weighted by Gasteiger charge is 2.19. The molecule has 8 aromatic carbocycles. The summed E-state index contributed by atoms with van der Waals surface area (Å²) in [4.78, 5) is 10.5. The smallest absolute Gasteiger partial charge is 0.223 e. The third-order valence-corrected chi connectivity index (χ3v) is 10.3. The molecule has 11 aromatic rings. The van der Waals surface area contributed by atoms with Crippen molar-refractivity contribution < 1.29 is 0 Å². The van der Waals surface area contributed by atoms with Gasteiger partial charge >= 0.3 is 0 Å². The first-order chi connectivity index (χ1) is 25.2. The predicted molar refractivity (Wildman–Crippen MR) is 207 cm³/mol. The minimum atomic E-state index is 0.666. The van der Waals surface area contributed by atoms with Crippen molar-refractivity contribution in [1.82, 2.24) is 23.3 Å². The van der Waals surface area contributed by atoms with Gasteiger partial charge in [0.1, 0.15) is 0 Å². The molecule has 11 rings (SSSR count). The van der Waals surface area contributed by atoms with E-state index in [0.717, 1.165) is 77.6 Å². The Balaban J connectivity index is 1.23. The molecule has 0 bridgehead atoms. The Labute approximate surface area is 291 Å². The van der Waals surface area contributed by atoms with Crippen molar-refractivity contribution in [2.24, 2.45) is 0 Å². The topological polar surface area (TPSA) is 63.3 Å². The van der Waals surface area contributed by atoms with Crippen LogP contribution < -0.4 is 0 Å². The fourth-order valence-electron chi connectivity index (χ4n) is 7.99. The lowest BCUT2D eigenvalue weighted by molar-refractivity contribution is 1.03. The summed E-state index contributed by atoms with van der Waals surface area (Å²) in [6.45, 7) is 0. The molecule has 0 radical (unpaired) electrons. The third-order valence-electron chi connectivity index (χ3n) is 10.3. The van der Waals surface area contributed by atoms with Crippen molar-refractivity contribution in [1.29, 1.82) is 5.26 Å². The summed E-state index contributed by atoms with van der Waals surface area (Å²) in [7, 11) is 0. The standard InChI is InChI=1S/C45H26N6/c46-27-28-20-22-34-35-23-21-30(26-37(35)33-13-2-1-12-32(33)36(34)24-28)29-10-9-11-31(25-29)49-44-47-38-14-3-5-16-40(38)50(44)42-18-7-8-19-43(42)51-41-17-6-4-15-39(41)48-45(49)51/h1-26H. The van der Waals surface area contributed by atoms with Crippen molar-refractivity contribution in [3.8, 4) is 22.9 Å². The van der Waals surface area contributed by atoms with E-state index in [2.05, 4.69) is 153 Å². The van der Waals surface area contributed by atoms with E-state index in [9.17, 15) is 5.26 Å². The van der Waals surface area contributed by atoms with Gasteiger partial charge in [-0.1, -0.05) is 91.0 Å². The Hall–Kier alpha value is -7.23. The zero-order valence-electron chi connectivity index (χ0n) is 27.2. The molecule has 0 fully saturated rings. The summed E-state index contributed by atoms with van der Waals surface area (Å²) in [6, 6.07) is 57.3. The quantitative estimate of drug-likeness (QED) is 0.175. The number of hydrogen-bond acceptors (Lipinski definition) is 3. The van der Waals surface area contributed by atoms with E-state index in [1.54, 1.807) is 0 Å². The molecule has 0 saturated heterocycles. The summed E-state index contributed by atoms with van der Waals surface area (Å²) >= 11 is 0. The van der Waals surface area contributed by atoms with E-state index in [1.807, 2.05) is 24.3 Å². The normalized spacial score (nSPS) is 11.9. The van der Waals surface area contributed by atoms with Crippen LogP contribution in [0.3, 0.4) is 0 Å². The lowest BCUT2D eigenvalue weighted by Gasteiger charge is -2.13. The molecule has 236 valence electrons. The maximum atomic E-state index is 9.64. The van der Waals surface area contributed by atoms with Gasteiger partial charge in [-0.25, -0.2) is 14.5 Å². The highest BCUT2D eigenvalue weighted by Crippen LogP contribution is 2.38. The van der Waals surface area contributed by atoms with E-state index in [1.165, 1.54) is 16.2 Å². The van der Waals surface area contributed by atoms with E-state index >= 15 is 0 Å². The fourth-order valence-corrected chi connectivity index (χ4v) is 7.99. The van der Waals surface area contributed by atoms with E-state index in [0.29, 0.717) is 5.56 Å². The van der Waals surface area contributed by atoms with Gasteiger partial charge in [0.15, 0.2) is 0 Å². The molecule has 0 N–H and O–H groups in total. The molecule has 3 aromatic heterocycles. The SMILES string of the molecule is N#Cc1ccc2c3ccc(-c4cccc(-n5c6nc7ccccc7n6c6ccccc6n6c7ccccc7nc56)c4)cc3c3ccccc3c2c1. The first-order valence-electron chi connectivity index (χ1n) is 17.0. The molecule has 0 spiro atoms. The van der Waals surface area contributed by atoms with E-state index < -0.39 is 0 Å². The molecule has 0 atom stereocenters. The van der Waals surface area contributed by atoms with Crippen LogP contribution in [-0.2, 0) is 0 Å². The van der Waals surface area contributed by atoms with Crippen LogP contribution in [0.25, 0.3) is 93.8 Å². The van der Waals surface area contributed by atoms with Gasteiger partial charge in [0.2, 0.25) is 11.6 Å². The number of rotatable bonds is 2. The fraction of sp³-hybridized carbons (Fsp3) is 0. The Kier molecular flexibility index (Phi) is 5.64. The summed E-state index contributed by atoms with van der Waals surface area (Å²) in [5.41, 5.74) is 9.82. The Morgan fingerprint density at radius 3 is 1.55 bits per heavy atom. The number of benzene rings is 8. The van der Waals surface area contributed by atoms with Gasteiger partial charge in [-0.2, -0.15) is 5.26 Å². The Morgan fingerprint density at radius 2 is 0.922 bits per heavy atom. The zero-order valence-corrected chi connectivity index (χ0v) is 27.2. The Bertz CT molecular complexity index is 3200. The predicted octanol–water partition coefficient (Wildman–Crippen LogP) is 10.8. The van der Waals surface area contributed by atoms with E-state index in [4.69, 9.17) is 9.97 Å². The average Bonchev–Trinajstić information content (AvgIpc) is 3.73. The molecule has 0 aliphatic rings. The first kappa shape index (κ1) is 27.7. The second-order valence-corrected chi connectivity index (χ2v) is 13.0. The molecule has 0 unspecified atom stereocenters. The van der Waals surface area contributed by atoms with Crippen LogP contribution in [0.2, 0.25) is 0 Å². The molecule has 0 aliphatic carbocycles. The lowest BCUT2D eigenvalue weighted by Crippen LogP contribution is -2.02. The van der Waals surface area contributed by atoms with Gasteiger partial charge < -0.3 is 0 Å². The molecule has 0 aliphatic heterocycles. The maximum Gasteiger partial charge on any atom is 0.223 e. The number of nitriles is 1. The van der Waals surface area contributed by atoms with Gasteiger partial charge in [0.05, 0.1) is 50.4 Å². The number of hydrogen-bond donors (Lipinski definition) is 0. The van der Waals surface area contributed by atoms with E-state index in [-0.39, 0.29) is 0 Å². The van der Waals surface area contributed by atoms with Crippen LogP contribution >= 0.6 is 0 Å². The third kappa shape index (κ3) is 3.91. The Morgan fingerprint density at radius 1 is 0.412 bits per heavy atom. The summed E-state index contributed by atoms with van der Waals surface area (Å²) in [6.07, 6.45) is 0. The minimum Gasteiger partial charge on any atom is -0.276 e. The highest BCUT2D eigenvalue weighted by atomic mass is 15.3. The molecule has 6 heteroatoms. The number of para-hydroxylation sites is 6. The zero-order chi connectivity index (χ0) is 33.6. The van der Waals surface area contributed by atoms with Crippen LogP contribution in [0.4, 0.5) is 0 Å². The van der Waals surface area contributed by atoms with Gasteiger partial charge in [-0.15, -0.1) is 0 Å². The number of aromatic nitrogens is 5. The van der Waals surface area contributed by atoms with Gasteiger partial charge in [0.25, 0.3) is 0 Å². The molecule has 6 nitrogen and oxygen atoms in total. The van der Waals surface area contributed by atoms with Gasteiger partial charge in [-0.05, 0) is 110 Å². The lowest BCUT2D eigenvalue weighted by atomic mass is 9.91. The van der Waals surface area contributed by atoms with Crippen LogP contribution in [0.1, 0.15) is 5.56 Å². The molecule has 0 saturated carbocycles. The van der Waals surface area contributed by atoms with Crippen LogP contribution in [0.5, 0.6) is 0 Å². The molecule has 51 heavy (non-hydrogen) atoms.